The number of amides is 1. The predicted molar refractivity (Wildman–Crippen MR) is 129 cm³/mol. The van der Waals surface area contributed by atoms with Gasteiger partial charge in [-0.1, -0.05) is 31.9 Å². The van der Waals surface area contributed by atoms with Crippen molar-refractivity contribution in [2.45, 2.75) is 64.5 Å². The van der Waals surface area contributed by atoms with Gasteiger partial charge in [0.05, 0.1) is 23.7 Å². The van der Waals surface area contributed by atoms with Gasteiger partial charge in [0, 0.05) is 44.2 Å². The van der Waals surface area contributed by atoms with Gasteiger partial charge >= 0.3 is 0 Å². The average molecular weight is 460 g/mol. The number of benzene rings is 1. The van der Waals surface area contributed by atoms with Gasteiger partial charge in [-0.2, -0.15) is 10.2 Å². The zero-order valence-corrected chi connectivity index (χ0v) is 19.4. The molecule has 2 fully saturated rings. The van der Waals surface area contributed by atoms with Crippen molar-refractivity contribution in [1.82, 2.24) is 14.0 Å². The molecule has 8 nitrogen and oxygen atoms in total. The van der Waals surface area contributed by atoms with Crippen molar-refractivity contribution < 1.29 is 9.53 Å². The molecule has 0 spiro atoms. The smallest absolute Gasteiger partial charge is 0.262 e. The van der Waals surface area contributed by atoms with E-state index in [1.807, 2.05) is 35.4 Å². The lowest BCUT2D eigenvalue weighted by molar-refractivity contribution is -0.117. The third kappa shape index (κ3) is 4.18. The minimum absolute atomic E-state index is 0.0261. The zero-order valence-electron chi connectivity index (χ0n) is 19.4. The first-order valence-corrected chi connectivity index (χ1v) is 12.2. The Kier molecular flexibility index (Phi) is 6.10. The number of carbonyl (C=O) groups excluding carboxylic acids is 1. The molecule has 2 aliphatic rings. The Morgan fingerprint density at radius 1 is 1.18 bits per heavy atom. The van der Waals surface area contributed by atoms with Gasteiger partial charge < -0.3 is 14.2 Å². The van der Waals surface area contributed by atoms with Gasteiger partial charge in [-0.3, -0.25) is 14.0 Å². The molecule has 34 heavy (non-hydrogen) atoms. The fraction of sp³-hybridized carbons (Fsp3) is 0.462. The molecule has 0 N–H and O–H groups in total. The minimum atomic E-state index is -0.189. The predicted octanol–water partition coefficient (Wildman–Crippen LogP) is 4.16. The lowest BCUT2D eigenvalue weighted by atomic mass is 9.83. The van der Waals surface area contributed by atoms with Gasteiger partial charge in [-0.05, 0) is 30.5 Å². The van der Waals surface area contributed by atoms with Gasteiger partial charge in [-0.25, -0.2) is 0 Å². The number of hydrogen-bond donors (Lipinski definition) is 0. The Bertz CT molecular complexity index is 1290. The van der Waals surface area contributed by atoms with Crippen LogP contribution in [0.3, 0.4) is 0 Å². The van der Waals surface area contributed by atoms with Crippen LogP contribution < -0.4 is 15.2 Å². The SMILES string of the molecule is CCCCCn1c(-c2ccc(N3CCCC3=O)cc2)cn2c(=O)cc(OC3CC(C#N)C3)nc12. The molecule has 1 aromatic carbocycles. The molecule has 1 saturated heterocycles. The van der Waals surface area contributed by atoms with E-state index >= 15 is 0 Å². The van der Waals surface area contributed by atoms with Crippen LogP contribution in [0.15, 0.2) is 41.3 Å². The molecule has 3 heterocycles. The van der Waals surface area contributed by atoms with Crippen LogP contribution in [0, 0.1) is 17.2 Å². The highest BCUT2D eigenvalue weighted by Gasteiger charge is 2.31. The first-order valence-electron chi connectivity index (χ1n) is 12.2. The summed E-state index contributed by atoms with van der Waals surface area (Å²) < 4.78 is 9.58. The summed E-state index contributed by atoms with van der Waals surface area (Å²) in [5.41, 5.74) is 2.59. The molecule has 0 unspecified atom stereocenters. The summed E-state index contributed by atoms with van der Waals surface area (Å²) in [5, 5.41) is 9.00. The minimum Gasteiger partial charge on any atom is -0.474 e. The van der Waals surface area contributed by atoms with E-state index in [1.165, 1.54) is 6.07 Å². The second kappa shape index (κ2) is 9.34. The number of aromatic nitrogens is 3. The molecule has 0 radical (unpaired) electrons. The fourth-order valence-corrected chi connectivity index (χ4v) is 4.77. The maximum absolute atomic E-state index is 12.9. The summed E-state index contributed by atoms with van der Waals surface area (Å²) >= 11 is 0. The lowest BCUT2D eigenvalue weighted by Gasteiger charge is -2.30. The molecule has 0 atom stereocenters. The van der Waals surface area contributed by atoms with Gasteiger partial charge in [0.2, 0.25) is 17.6 Å². The van der Waals surface area contributed by atoms with Crippen molar-refractivity contribution in [3.8, 4) is 23.2 Å². The van der Waals surface area contributed by atoms with E-state index in [0.29, 0.717) is 30.9 Å². The van der Waals surface area contributed by atoms with Gasteiger partial charge in [0.25, 0.3) is 5.56 Å². The van der Waals surface area contributed by atoms with Crippen LogP contribution in [0.2, 0.25) is 0 Å². The van der Waals surface area contributed by atoms with Crippen molar-refractivity contribution in [3.05, 3.63) is 46.9 Å². The normalized spacial score (nSPS) is 19.9. The second-order valence-corrected chi connectivity index (χ2v) is 9.21. The third-order valence-electron chi connectivity index (χ3n) is 6.79. The largest absolute Gasteiger partial charge is 0.474 e. The number of hydrogen-bond acceptors (Lipinski definition) is 5. The Labute approximate surface area is 198 Å². The molecular formula is C26H29N5O3. The van der Waals surface area contributed by atoms with Gasteiger partial charge in [0.1, 0.15) is 6.10 Å². The summed E-state index contributed by atoms with van der Waals surface area (Å²) in [4.78, 5) is 31.6. The first-order chi connectivity index (χ1) is 16.6. The van der Waals surface area contributed by atoms with Crippen LogP contribution in [-0.2, 0) is 11.3 Å². The number of aryl methyl sites for hydroxylation is 1. The van der Waals surface area contributed by atoms with Crippen LogP contribution in [-0.4, -0.2) is 32.5 Å². The molecule has 1 aliphatic carbocycles. The highest BCUT2D eigenvalue weighted by atomic mass is 16.5. The molecule has 1 saturated carbocycles. The summed E-state index contributed by atoms with van der Waals surface area (Å²) in [6.07, 6.45) is 7.76. The molecule has 5 rings (SSSR count). The van der Waals surface area contributed by atoms with E-state index in [2.05, 4.69) is 17.6 Å². The van der Waals surface area contributed by atoms with Crippen molar-refractivity contribution in [3.63, 3.8) is 0 Å². The average Bonchev–Trinajstić information content (AvgIpc) is 3.40. The maximum atomic E-state index is 12.9. The maximum Gasteiger partial charge on any atom is 0.262 e. The van der Waals surface area contributed by atoms with E-state index in [4.69, 9.17) is 15.0 Å². The van der Waals surface area contributed by atoms with Crippen molar-refractivity contribution >= 4 is 17.4 Å². The van der Waals surface area contributed by atoms with Crippen LogP contribution in [0.25, 0.3) is 17.0 Å². The Hall–Kier alpha value is -3.60. The van der Waals surface area contributed by atoms with Crippen LogP contribution in [0.1, 0.15) is 51.9 Å². The van der Waals surface area contributed by atoms with Crippen molar-refractivity contribution in [2.75, 3.05) is 11.4 Å². The summed E-state index contributed by atoms with van der Waals surface area (Å²) in [5.74, 6) is 1.06. The van der Waals surface area contributed by atoms with Gasteiger partial charge in [-0.15, -0.1) is 0 Å². The standard InChI is InChI=1S/C26H29N5O3/c1-2-3-4-11-30-22(19-7-9-20(10-8-19)29-12-5-6-24(29)32)17-31-25(33)15-23(28-26(30)31)34-21-13-18(14-21)16-27/h7-10,15,17-18,21H,2-6,11-14H2,1H3. The van der Waals surface area contributed by atoms with Crippen LogP contribution >= 0.6 is 0 Å². The number of fused-ring (bicyclic) bond motifs is 1. The Morgan fingerprint density at radius 3 is 2.65 bits per heavy atom. The van der Waals surface area contributed by atoms with E-state index in [0.717, 1.165) is 55.7 Å². The van der Waals surface area contributed by atoms with Crippen LogP contribution in [0.5, 0.6) is 5.88 Å². The number of carbonyl (C=O) groups is 1. The van der Waals surface area contributed by atoms with Crippen molar-refractivity contribution in [1.29, 1.82) is 5.26 Å². The Morgan fingerprint density at radius 2 is 1.97 bits per heavy atom. The molecule has 1 aliphatic heterocycles. The zero-order chi connectivity index (χ0) is 23.7. The molecule has 3 aromatic rings. The number of nitriles is 1. The van der Waals surface area contributed by atoms with Crippen LogP contribution in [0.4, 0.5) is 5.69 Å². The highest BCUT2D eigenvalue weighted by molar-refractivity contribution is 5.95. The molecule has 0 bridgehead atoms. The molecular weight excluding hydrogens is 430 g/mol. The number of anilines is 1. The van der Waals surface area contributed by atoms with E-state index in [-0.39, 0.29) is 23.5 Å². The van der Waals surface area contributed by atoms with Gasteiger partial charge in [0.15, 0.2) is 0 Å². The van der Waals surface area contributed by atoms with E-state index in [9.17, 15) is 9.59 Å². The Balaban J connectivity index is 1.49. The lowest BCUT2D eigenvalue weighted by Crippen LogP contribution is -2.33. The van der Waals surface area contributed by atoms with E-state index in [1.54, 1.807) is 4.40 Å². The number of rotatable bonds is 8. The van der Waals surface area contributed by atoms with E-state index < -0.39 is 0 Å². The topological polar surface area (TPSA) is 92.6 Å². The first kappa shape index (κ1) is 22.2. The number of unbranched alkanes of at least 4 members (excludes halogenated alkanes) is 2. The number of imidazole rings is 1. The molecule has 8 heteroatoms. The third-order valence-corrected chi connectivity index (χ3v) is 6.79. The highest BCUT2D eigenvalue weighted by Crippen LogP contribution is 2.31. The number of ether oxygens (including phenoxy) is 1. The summed E-state index contributed by atoms with van der Waals surface area (Å²) in [6.45, 7) is 3.66. The fourth-order valence-electron chi connectivity index (χ4n) is 4.77. The monoisotopic (exact) mass is 459 g/mol. The molecule has 176 valence electrons. The molecule has 1 amide bonds. The van der Waals surface area contributed by atoms with Crippen molar-refractivity contribution in [2.24, 2.45) is 5.92 Å². The molecule has 2 aromatic heterocycles. The quantitative estimate of drug-likeness (QED) is 0.472. The second-order valence-electron chi connectivity index (χ2n) is 9.21. The summed E-state index contributed by atoms with van der Waals surface area (Å²) in [6, 6.07) is 11.6. The number of nitrogens with zero attached hydrogens (tertiary/aromatic N) is 5. The summed E-state index contributed by atoms with van der Waals surface area (Å²) in [7, 11) is 0.